The molecule has 1 aliphatic rings. The number of hydrogen-bond donors (Lipinski definition) is 1. The standard InChI is InChI=1S/C11H20N2O3S/c1-11(2,8-14)12(3)9(15)4-5-13-6-7-17-10(13)16/h14H,4-8H2,1-3H3. The maximum atomic E-state index is 11.9. The van der Waals surface area contributed by atoms with Crippen LogP contribution in [-0.2, 0) is 4.79 Å². The van der Waals surface area contributed by atoms with Crippen molar-refractivity contribution in [3.63, 3.8) is 0 Å². The van der Waals surface area contributed by atoms with Crippen molar-refractivity contribution >= 4 is 22.9 Å². The first-order chi connectivity index (χ1) is 7.88. The number of carbonyl (C=O) groups is 2. The van der Waals surface area contributed by atoms with Gasteiger partial charge in [-0.05, 0) is 13.8 Å². The lowest BCUT2D eigenvalue weighted by Gasteiger charge is -2.34. The van der Waals surface area contributed by atoms with Crippen LogP contribution in [0.4, 0.5) is 4.79 Å². The van der Waals surface area contributed by atoms with Crippen molar-refractivity contribution in [1.29, 1.82) is 0 Å². The molecule has 0 aliphatic carbocycles. The molecule has 0 saturated carbocycles. The summed E-state index contributed by atoms with van der Waals surface area (Å²) in [6.07, 6.45) is 0.312. The molecule has 98 valence electrons. The van der Waals surface area contributed by atoms with E-state index in [0.29, 0.717) is 13.0 Å². The predicted molar refractivity (Wildman–Crippen MR) is 68.0 cm³/mol. The van der Waals surface area contributed by atoms with Crippen LogP contribution >= 0.6 is 11.8 Å². The van der Waals surface area contributed by atoms with E-state index in [1.165, 1.54) is 11.8 Å². The molecule has 5 nitrogen and oxygen atoms in total. The summed E-state index contributed by atoms with van der Waals surface area (Å²) in [5.74, 6) is 0.763. The fraction of sp³-hybridized carbons (Fsp3) is 0.818. The lowest BCUT2D eigenvalue weighted by Crippen LogP contribution is -2.48. The van der Waals surface area contributed by atoms with Crippen LogP contribution in [0.15, 0.2) is 0 Å². The molecule has 0 aromatic heterocycles. The summed E-state index contributed by atoms with van der Waals surface area (Å²) in [7, 11) is 1.68. The highest BCUT2D eigenvalue weighted by molar-refractivity contribution is 8.13. The van der Waals surface area contributed by atoms with Crippen LogP contribution in [0.1, 0.15) is 20.3 Å². The van der Waals surface area contributed by atoms with E-state index in [-0.39, 0.29) is 17.8 Å². The Morgan fingerprint density at radius 2 is 2.24 bits per heavy atom. The van der Waals surface area contributed by atoms with Crippen LogP contribution in [0, 0.1) is 0 Å². The van der Waals surface area contributed by atoms with E-state index in [1.54, 1.807) is 16.8 Å². The molecule has 1 heterocycles. The molecule has 0 radical (unpaired) electrons. The Labute approximate surface area is 106 Å². The van der Waals surface area contributed by atoms with Crippen molar-refractivity contribution in [3.05, 3.63) is 0 Å². The lowest BCUT2D eigenvalue weighted by molar-refractivity contribution is -0.136. The summed E-state index contributed by atoms with van der Waals surface area (Å²) in [5.41, 5.74) is -0.555. The molecule has 1 rings (SSSR count). The maximum Gasteiger partial charge on any atom is 0.281 e. The molecule has 6 heteroatoms. The van der Waals surface area contributed by atoms with Crippen molar-refractivity contribution in [2.24, 2.45) is 0 Å². The fourth-order valence-electron chi connectivity index (χ4n) is 1.47. The van der Waals surface area contributed by atoms with Gasteiger partial charge in [0.2, 0.25) is 5.91 Å². The van der Waals surface area contributed by atoms with Crippen LogP contribution < -0.4 is 0 Å². The molecule has 0 aromatic carbocycles. The first-order valence-electron chi connectivity index (χ1n) is 5.67. The molecule has 0 bridgehead atoms. The minimum Gasteiger partial charge on any atom is -0.394 e. The number of amides is 2. The Hall–Kier alpha value is -0.750. The monoisotopic (exact) mass is 260 g/mol. The average molecular weight is 260 g/mol. The van der Waals surface area contributed by atoms with E-state index in [9.17, 15) is 14.7 Å². The average Bonchev–Trinajstić information content (AvgIpc) is 2.70. The van der Waals surface area contributed by atoms with Crippen molar-refractivity contribution in [3.8, 4) is 0 Å². The molecule has 1 fully saturated rings. The van der Waals surface area contributed by atoms with Crippen LogP contribution in [0.2, 0.25) is 0 Å². The lowest BCUT2D eigenvalue weighted by atomic mass is 10.0. The number of carbonyl (C=O) groups excluding carboxylic acids is 2. The highest BCUT2D eigenvalue weighted by atomic mass is 32.2. The summed E-state index contributed by atoms with van der Waals surface area (Å²) >= 11 is 1.30. The highest BCUT2D eigenvalue weighted by Gasteiger charge is 2.28. The molecule has 1 saturated heterocycles. The third-order valence-electron chi connectivity index (χ3n) is 3.11. The van der Waals surface area contributed by atoms with E-state index < -0.39 is 5.54 Å². The topological polar surface area (TPSA) is 60.9 Å². The normalized spacial score (nSPS) is 16.5. The second-order valence-electron chi connectivity index (χ2n) is 4.77. The molecular formula is C11H20N2O3S. The molecular weight excluding hydrogens is 240 g/mol. The van der Waals surface area contributed by atoms with Gasteiger partial charge in [0.25, 0.3) is 5.24 Å². The predicted octanol–water partition coefficient (Wildman–Crippen LogP) is 0.775. The molecule has 0 aromatic rings. The Balaban J connectivity index is 2.41. The smallest absolute Gasteiger partial charge is 0.281 e. The molecule has 1 aliphatic heterocycles. The summed E-state index contributed by atoms with van der Waals surface area (Å²) in [5, 5.41) is 9.23. The zero-order chi connectivity index (χ0) is 13.1. The van der Waals surface area contributed by atoms with E-state index in [4.69, 9.17) is 0 Å². The van der Waals surface area contributed by atoms with Gasteiger partial charge in [0.15, 0.2) is 0 Å². The van der Waals surface area contributed by atoms with Crippen LogP contribution in [0.25, 0.3) is 0 Å². The third-order valence-corrected chi connectivity index (χ3v) is 4.00. The number of rotatable bonds is 5. The van der Waals surface area contributed by atoms with Gasteiger partial charge in [-0.15, -0.1) is 0 Å². The second kappa shape index (κ2) is 5.73. The van der Waals surface area contributed by atoms with E-state index in [1.807, 2.05) is 13.8 Å². The highest BCUT2D eigenvalue weighted by Crippen LogP contribution is 2.18. The van der Waals surface area contributed by atoms with Gasteiger partial charge in [-0.2, -0.15) is 0 Å². The van der Waals surface area contributed by atoms with Crippen LogP contribution in [-0.4, -0.2) is 64.1 Å². The third kappa shape index (κ3) is 3.61. The largest absolute Gasteiger partial charge is 0.394 e. The second-order valence-corrected chi connectivity index (χ2v) is 5.82. The SMILES string of the molecule is CN(C(=O)CCN1CCSC1=O)C(C)(C)CO. The van der Waals surface area contributed by atoms with Crippen molar-refractivity contribution in [2.45, 2.75) is 25.8 Å². The number of nitrogens with zero attached hydrogens (tertiary/aromatic N) is 2. The van der Waals surface area contributed by atoms with Gasteiger partial charge in [0, 0.05) is 32.3 Å². The van der Waals surface area contributed by atoms with Gasteiger partial charge in [0.05, 0.1) is 12.1 Å². The summed E-state index contributed by atoms with van der Waals surface area (Å²) < 4.78 is 0. The van der Waals surface area contributed by atoms with E-state index in [2.05, 4.69) is 0 Å². The summed E-state index contributed by atoms with van der Waals surface area (Å²) in [6, 6.07) is 0. The molecule has 0 spiro atoms. The minimum absolute atomic E-state index is 0.0475. The number of aliphatic hydroxyl groups is 1. The minimum atomic E-state index is -0.555. The van der Waals surface area contributed by atoms with Gasteiger partial charge in [-0.1, -0.05) is 11.8 Å². The van der Waals surface area contributed by atoms with Gasteiger partial charge < -0.3 is 14.9 Å². The fourth-order valence-corrected chi connectivity index (χ4v) is 2.32. The van der Waals surface area contributed by atoms with Gasteiger partial charge >= 0.3 is 0 Å². The first kappa shape index (κ1) is 14.3. The van der Waals surface area contributed by atoms with Gasteiger partial charge in [0.1, 0.15) is 0 Å². The number of likely N-dealkylation sites (N-methyl/N-ethyl adjacent to an activating group) is 1. The number of hydrogen-bond acceptors (Lipinski definition) is 4. The van der Waals surface area contributed by atoms with Gasteiger partial charge in [-0.25, -0.2) is 0 Å². The zero-order valence-corrected chi connectivity index (χ0v) is 11.4. The zero-order valence-electron chi connectivity index (χ0n) is 10.6. The summed E-state index contributed by atoms with van der Waals surface area (Å²) in [4.78, 5) is 26.5. The Morgan fingerprint density at radius 3 is 2.71 bits per heavy atom. The number of thioether (sulfide) groups is 1. The van der Waals surface area contributed by atoms with Gasteiger partial charge in [-0.3, -0.25) is 9.59 Å². The maximum absolute atomic E-state index is 11.9. The number of aliphatic hydroxyl groups excluding tert-OH is 1. The van der Waals surface area contributed by atoms with Crippen LogP contribution in [0.5, 0.6) is 0 Å². The molecule has 1 N–H and O–H groups in total. The van der Waals surface area contributed by atoms with Crippen molar-refractivity contribution < 1.29 is 14.7 Å². The molecule has 2 amide bonds. The Kier molecular flexibility index (Phi) is 4.82. The van der Waals surface area contributed by atoms with Crippen LogP contribution in [0.3, 0.4) is 0 Å². The Morgan fingerprint density at radius 1 is 1.59 bits per heavy atom. The van der Waals surface area contributed by atoms with E-state index in [0.717, 1.165) is 12.3 Å². The summed E-state index contributed by atoms with van der Waals surface area (Å²) in [6.45, 7) is 4.73. The molecule has 0 atom stereocenters. The first-order valence-corrected chi connectivity index (χ1v) is 6.66. The van der Waals surface area contributed by atoms with E-state index >= 15 is 0 Å². The van der Waals surface area contributed by atoms with Crippen molar-refractivity contribution in [1.82, 2.24) is 9.80 Å². The molecule has 0 unspecified atom stereocenters. The molecule has 17 heavy (non-hydrogen) atoms. The quantitative estimate of drug-likeness (QED) is 0.793. The van der Waals surface area contributed by atoms with Crippen molar-refractivity contribution in [2.75, 3.05) is 32.5 Å². The Bertz CT molecular complexity index is 307.